The van der Waals surface area contributed by atoms with Gasteiger partial charge in [0.05, 0.1) is 4.05 Å². The molecule has 0 aromatic heterocycles. The largest absolute Gasteiger partial charge is 0.375 e. The van der Waals surface area contributed by atoms with E-state index in [0.29, 0.717) is 4.05 Å². The van der Waals surface area contributed by atoms with E-state index in [4.69, 9.17) is 0 Å². The third kappa shape index (κ3) is 5.61. The van der Waals surface area contributed by atoms with Crippen LogP contribution in [0, 0.1) is 5.92 Å². The maximum Gasteiger partial charge on any atom is 0.257 e. The summed E-state index contributed by atoms with van der Waals surface area (Å²) in [5, 5.41) is 14.9. The SMILES string of the molecule is CC(C)=CCCN1CCC(NC(=O)[C@](O)(c2ccccc2)C2CCCC2)CC1I. The molecule has 1 amide bonds. The Morgan fingerprint density at radius 2 is 1.93 bits per heavy atom. The summed E-state index contributed by atoms with van der Waals surface area (Å²) in [7, 11) is 0. The number of rotatable bonds is 7. The van der Waals surface area contributed by atoms with Gasteiger partial charge in [0.1, 0.15) is 0 Å². The third-order valence-corrected chi connectivity index (χ3v) is 7.75. The van der Waals surface area contributed by atoms with Gasteiger partial charge in [-0.25, -0.2) is 0 Å². The summed E-state index contributed by atoms with van der Waals surface area (Å²) >= 11 is 2.50. The lowest BCUT2D eigenvalue weighted by Gasteiger charge is -2.39. The second-order valence-corrected chi connectivity index (χ2v) is 10.3. The van der Waals surface area contributed by atoms with Crippen LogP contribution in [0.4, 0.5) is 0 Å². The number of hydrogen-bond donors (Lipinski definition) is 2. The molecule has 29 heavy (non-hydrogen) atoms. The zero-order valence-corrected chi connectivity index (χ0v) is 19.9. The van der Waals surface area contributed by atoms with Crippen LogP contribution < -0.4 is 5.32 Å². The third-order valence-electron chi connectivity index (χ3n) is 6.45. The molecule has 1 heterocycles. The normalized spacial score (nSPS) is 25.4. The standard InChI is InChI=1S/C24H35IN2O2/c1-18(2)9-8-15-27-16-14-21(17-22(27)25)26-23(28)24(29,20-12-6-7-13-20)19-10-4-3-5-11-19/h3-5,9-11,20-22,29H,6-8,12-17H2,1-2H3,(H,26,28)/t21?,22?,24-/m0/s1. The van der Waals surface area contributed by atoms with Crippen LogP contribution in [0.15, 0.2) is 42.0 Å². The molecule has 4 nitrogen and oxygen atoms in total. The number of aliphatic hydroxyl groups is 1. The lowest BCUT2D eigenvalue weighted by Crippen LogP contribution is -2.55. The fraction of sp³-hybridized carbons (Fsp3) is 0.625. The maximum absolute atomic E-state index is 13.4. The number of halogens is 1. The van der Waals surface area contributed by atoms with Crippen LogP contribution >= 0.6 is 22.6 Å². The Morgan fingerprint density at radius 3 is 2.55 bits per heavy atom. The average Bonchev–Trinajstić information content (AvgIpc) is 3.24. The van der Waals surface area contributed by atoms with E-state index in [1.807, 2.05) is 30.3 Å². The molecular weight excluding hydrogens is 475 g/mol. The van der Waals surface area contributed by atoms with Gasteiger partial charge >= 0.3 is 0 Å². The number of alkyl halides is 1. The lowest BCUT2D eigenvalue weighted by atomic mass is 9.79. The van der Waals surface area contributed by atoms with Gasteiger partial charge in [-0.05, 0) is 51.5 Å². The van der Waals surface area contributed by atoms with Crippen LogP contribution in [0.2, 0.25) is 0 Å². The summed E-state index contributed by atoms with van der Waals surface area (Å²) in [6, 6.07) is 9.67. The van der Waals surface area contributed by atoms with E-state index < -0.39 is 5.60 Å². The Morgan fingerprint density at radius 1 is 1.24 bits per heavy atom. The highest BCUT2D eigenvalue weighted by atomic mass is 127. The van der Waals surface area contributed by atoms with E-state index in [1.54, 1.807) is 0 Å². The first-order chi connectivity index (χ1) is 13.9. The van der Waals surface area contributed by atoms with Crippen LogP contribution in [0.1, 0.15) is 64.4 Å². The van der Waals surface area contributed by atoms with Gasteiger partial charge in [0, 0.05) is 25.0 Å². The lowest BCUT2D eigenvalue weighted by molar-refractivity contribution is -0.148. The molecule has 2 aliphatic rings. The minimum absolute atomic E-state index is 0.00413. The summed E-state index contributed by atoms with van der Waals surface area (Å²) in [6.07, 6.45) is 9.24. The summed E-state index contributed by atoms with van der Waals surface area (Å²) in [4.78, 5) is 15.9. The Bertz CT molecular complexity index is 698. The molecule has 3 atom stereocenters. The van der Waals surface area contributed by atoms with E-state index in [0.717, 1.165) is 63.6 Å². The molecule has 2 unspecified atom stereocenters. The highest BCUT2D eigenvalue weighted by Gasteiger charge is 2.47. The fourth-order valence-electron chi connectivity index (χ4n) is 4.75. The highest BCUT2D eigenvalue weighted by Crippen LogP contribution is 2.41. The summed E-state index contributed by atoms with van der Waals surface area (Å²) < 4.78 is 0.411. The molecule has 160 valence electrons. The zero-order chi connectivity index (χ0) is 20.9. The number of nitrogens with zero attached hydrogens (tertiary/aromatic N) is 1. The van der Waals surface area contributed by atoms with Gasteiger partial charge in [-0.3, -0.25) is 9.69 Å². The van der Waals surface area contributed by atoms with Crippen molar-refractivity contribution in [3.8, 4) is 0 Å². The Kier molecular flexibility index (Phi) is 8.16. The number of nitrogens with one attached hydrogen (secondary N) is 1. The molecular formula is C24H35IN2O2. The number of likely N-dealkylation sites (tertiary alicyclic amines) is 1. The van der Waals surface area contributed by atoms with Gasteiger partial charge in [0.2, 0.25) is 0 Å². The van der Waals surface area contributed by atoms with Gasteiger partial charge in [-0.1, -0.05) is 77.4 Å². The monoisotopic (exact) mass is 510 g/mol. The second-order valence-electron chi connectivity index (χ2n) is 8.85. The summed E-state index contributed by atoms with van der Waals surface area (Å²) in [5.41, 5.74) is 0.679. The van der Waals surface area contributed by atoms with Gasteiger partial charge in [-0.2, -0.15) is 0 Å². The molecule has 1 aromatic rings. The first-order valence-electron chi connectivity index (χ1n) is 11.0. The smallest absolute Gasteiger partial charge is 0.257 e. The topological polar surface area (TPSA) is 52.6 Å². The van der Waals surface area contributed by atoms with Crippen molar-refractivity contribution in [3.63, 3.8) is 0 Å². The van der Waals surface area contributed by atoms with E-state index in [-0.39, 0.29) is 17.9 Å². The van der Waals surface area contributed by atoms with Crippen LogP contribution in [-0.2, 0) is 10.4 Å². The minimum atomic E-state index is -1.42. The van der Waals surface area contributed by atoms with Crippen LogP contribution in [0.3, 0.4) is 0 Å². The van der Waals surface area contributed by atoms with Gasteiger partial charge in [0.15, 0.2) is 5.60 Å². The van der Waals surface area contributed by atoms with Crippen molar-refractivity contribution in [1.82, 2.24) is 10.2 Å². The molecule has 0 spiro atoms. The highest BCUT2D eigenvalue weighted by molar-refractivity contribution is 14.1. The molecule has 1 aliphatic heterocycles. The van der Waals surface area contributed by atoms with Crippen molar-refractivity contribution in [3.05, 3.63) is 47.5 Å². The molecule has 1 aliphatic carbocycles. The van der Waals surface area contributed by atoms with Crippen molar-refractivity contribution in [1.29, 1.82) is 0 Å². The van der Waals surface area contributed by atoms with Crippen LogP contribution in [0.25, 0.3) is 0 Å². The number of piperidine rings is 1. The molecule has 5 heteroatoms. The van der Waals surface area contributed by atoms with Crippen molar-refractivity contribution in [2.75, 3.05) is 13.1 Å². The molecule has 1 saturated carbocycles. The number of benzene rings is 1. The van der Waals surface area contributed by atoms with E-state index in [1.165, 1.54) is 5.57 Å². The first kappa shape index (κ1) is 22.8. The molecule has 1 saturated heterocycles. The Labute approximate surface area is 189 Å². The molecule has 1 aromatic carbocycles. The molecule has 3 rings (SSSR count). The first-order valence-corrected chi connectivity index (χ1v) is 12.3. The molecule has 0 bridgehead atoms. The van der Waals surface area contributed by atoms with Gasteiger partial charge in [0.25, 0.3) is 5.91 Å². The zero-order valence-electron chi connectivity index (χ0n) is 17.7. The van der Waals surface area contributed by atoms with Crippen LogP contribution in [-0.4, -0.2) is 39.1 Å². The summed E-state index contributed by atoms with van der Waals surface area (Å²) in [6.45, 7) is 6.33. The van der Waals surface area contributed by atoms with Crippen molar-refractivity contribution in [2.24, 2.45) is 5.92 Å². The Hall–Kier alpha value is -0.920. The van der Waals surface area contributed by atoms with Gasteiger partial charge in [-0.15, -0.1) is 0 Å². The predicted octanol–water partition coefficient (Wildman–Crippen LogP) is 4.76. The van der Waals surface area contributed by atoms with Crippen molar-refractivity contribution >= 4 is 28.5 Å². The van der Waals surface area contributed by atoms with Gasteiger partial charge < -0.3 is 10.4 Å². The second kappa shape index (κ2) is 10.4. The van der Waals surface area contributed by atoms with E-state index in [9.17, 15) is 9.90 Å². The van der Waals surface area contributed by atoms with E-state index in [2.05, 4.69) is 52.7 Å². The predicted molar refractivity (Wildman–Crippen MR) is 127 cm³/mol. The number of amides is 1. The number of carbonyl (C=O) groups excluding carboxylic acids is 1. The molecule has 2 fully saturated rings. The number of allylic oxidation sites excluding steroid dienone is 1. The minimum Gasteiger partial charge on any atom is -0.375 e. The van der Waals surface area contributed by atoms with Crippen molar-refractivity contribution < 1.29 is 9.90 Å². The Balaban J connectivity index is 1.64. The fourth-order valence-corrected chi connectivity index (χ4v) is 5.92. The molecule has 0 radical (unpaired) electrons. The maximum atomic E-state index is 13.4. The summed E-state index contributed by atoms with van der Waals surface area (Å²) in [5.74, 6) is -0.202. The molecule has 2 N–H and O–H groups in total. The number of hydrogen-bond acceptors (Lipinski definition) is 3. The van der Waals surface area contributed by atoms with E-state index >= 15 is 0 Å². The van der Waals surface area contributed by atoms with Crippen molar-refractivity contribution in [2.45, 2.75) is 74.5 Å². The number of carbonyl (C=O) groups is 1. The quantitative estimate of drug-likeness (QED) is 0.241. The van der Waals surface area contributed by atoms with Crippen LogP contribution in [0.5, 0.6) is 0 Å². The average molecular weight is 510 g/mol.